The van der Waals surface area contributed by atoms with Crippen LogP contribution in [0.1, 0.15) is 358 Å². The summed E-state index contributed by atoms with van der Waals surface area (Å²) >= 11 is 0. The molecule has 0 radical (unpaired) electrons. The highest BCUT2D eigenvalue weighted by molar-refractivity contribution is 5.87. The summed E-state index contributed by atoms with van der Waals surface area (Å²) in [6.45, 7) is 27.3. The van der Waals surface area contributed by atoms with Gasteiger partial charge in [0.15, 0.2) is 0 Å². The Hall–Kier alpha value is -10.1. The van der Waals surface area contributed by atoms with Crippen molar-refractivity contribution in [2.45, 2.75) is 290 Å². The van der Waals surface area contributed by atoms with Crippen molar-refractivity contribution in [3.8, 4) is 55.6 Å². The first-order valence-corrected chi connectivity index (χ1v) is 48.9. The average molecular weight is 1620 g/mol. The van der Waals surface area contributed by atoms with Crippen molar-refractivity contribution in [3.05, 3.63) is 398 Å². The van der Waals surface area contributed by atoms with Gasteiger partial charge in [-0.05, 0) is 347 Å². The Labute approximate surface area is 745 Å². The molecule has 0 bridgehead atoms. The van der Waals surface area contributed by atoms with E-state index in [4.69, 9.17) is 0 Å². The van der Waals surface area contributed by atoms with Crippen molar-refractivity contribution >= 4 is 0 Å². The highest BCUT2D eigenvalue weighted by Crippen LogP contribution is 2.62. The predicted molar refractivity (Wildman–Crippen MR) is 528 cm³/mol. The lowest BCUT2D eigenvalue weighted by Crippen LogP contribution is -2.19. The molecule has 0 amide bonds. The molecule has 23 rings (SSSR count). The van der Waals surface area contributed by atoms with Gasteiger partial charge in [-0.15, -0.1) is 0 Å². The smallest absolute Gasteiger partial charge is 0.0173 e. The Morgan fingerprint density at radius 2 is 0.621 bits per heavy atom. The van der Waals surface area contributed by atoms with Gasteiger partial charge in [0.05, 0.1) is 0 Å². The van der Waals surface area contributed by atoms with Crippen molar-refractivity contribution in [1.82, 2.24) is 0 Å². The molecule has 0 aromatic heterocycles. The third-order valence-corrected chi connectivity index (χ3v) is 31.8. The summed E-state index contributed by atoms with van der Waals surface area (Å²) < 4.78 is 0. The Morgan fingerprint density at radius 1 is 0.250 bits per heavy atom. The van der Waals surface area contributed by atoms with Crippen molar-refractivity contribution < 1.29 is 0 Å². The van der Waals surface area contributed by atoms with Crippen LogP contribution in [0.25, 0.3) is 55.6 Å². The summed E-state index contributed by atoms with van der Waals surface area (Å²) in [4.78, 5) is 0. The number of fused-ring (bicyclic) bond motifs is 15. The molecule has 0 saturated carbocycles. The standard InChI is InChI=1S/2C26H34.3C24H22/c1-4-5-6-7-8-9-10-20-13-16-23-24-17-18(2)11-14-21(24)22-15-12-19(3)25(20)26(22)23;1-4-5-6-7-8-9-10-20-16-23-19(3)12-14-22-21-13-11-18(2)15-24(21)25(17-20)26(22)23;1-15-8-10-19-20-11-9-16(2)21-13-18(17-6-4-3-5-7-17)14-23(24(20)21)22(19)12-15;1-15-8-10-19-20-11-9-16(2)23-18(17-6-4-3-5-7-17)12-13-21(24(20)23)22(19)14-15;1-15-8-10-20-21-11-9-16(2)18-12-13-19(17-6-4-3-5-7-17)24(23(18)21)22(20)14-15/h11-12,14-15,17,20,23H,4-10,13,16H2,1-3H3;11-15,20,25H,4-10,16-17H2,1-3H3;3-12,18,23H,13-14H2,1-2H3;3-11,14,18,21H,12-13H2,1-2H3;3-11,14,19,24H,12-13H2,1-2H3. The van der Waals surface area contributed by atoms with Crippen molar-refractivity contribution in [3.63, 3.8) is 0 Å². The van der Waals surface area contributed by atoms with E-state index in [9.17, 15) is 0 Å². The highest BCUT2D eigenvalue weighted by atomic mass is 14.5. The average Bonchev–Trinajstić information content (AvgIpc) is 1.59. The normalized spacial score (nSPS) is 20.4. The van der Waals surface area contributed by atoms with Gasteiger partial charge in [-0.25, -0.2) is 0 Å². The van der Waals surface area contributed by atoms with Crippen LogP contribution in [0.3, 0.4) is 0 Å². The lowest BCUT2D eigenvalue weighted by atomic mass is 9.70. The molecule has 0 fully saturated rings. The van der Waals surface area contributed by atoms with Crippen LogP contribution in [0.4, 0.5) is 0 Å². The molecular formula is C124H134. The summed E-state index contributed by atoms with van der Waals surface area (Å²) in [5.74, 6) is 6.47. The van der Waals surface area contributed by atoms with Crippen molar-refractivity contribution in [2.75, 3.05) is 0 Å². The number of hydrogen-bond acceptors (Lipinski definition) is 0. The topological polar surface area (TPSA) is 0 Å². The lowest BCUT2D eigenvalue weighted by Gasteiger charge is -2.33. The van der Waals surface area contributed by atoms with E-state index in [0.717, 1.165) is 11.8 Å². The third kappa shape index (κ3) is 15.8. The molecule has 13 aromatic rings. The first-order chi connectivity index (χ1) is 60.6. The van der Waals surface area contributed by atoms with Gasteiger partial charge in [-0.2, -0.15) is 0 Å². The minimum Gasteiger partial charge on any atom is -0.0654 e. The number of unbranched alkanes of at least 4 members (excludes halogenated alkanes) is 10. The zero-order valence-corrected chi connectivity index (χ0v) is 76.8. The summed E-state index contributed by atoms with van der Waals surface area (Å²) in [6.07, 6.45) is 32.6. The molecule has 0 N–H and O–H groups in total. The van der Waals surface area contributed by atoms with Crippen LogP contribution >= 0.6 is 0 Å². The van der Waals surface area contributed by atoms with Gasteiger partial charge in [-0.3, -0.25) is 0 Å². The van der Waals surface area contributed by atoms with Gasteiger partial charge in [0, 0.05) is 35.5 Å². The molecule has 630 valence electrons. The molecule has 0 spiro atoms. The quantitative estimate of drug-likeness (QED) is 0.0797. The van der Waals surface area contributed by atoms with E-state index in [-0.39, 0.29) is 0 Å². The van der Waals surface area contributed by atoms with Crippen LogP contribution < -0.4 is 0 Å². The van der Waals surface area contributed by atoms with Crippen molar-refractivity contribution in [1.29, 1.82) is 0 Å². The van der Waals surface area contributed by atoms with Crippen LogP contribution in [-0.2, 0) is 19.3 Å². The van der Waals surface area contributed by atoms with E-state index in [2.05, 4.69) is 326 Å². The van der Waals surface area contributed by atoms with Gasteiger partial charge in [-0.1, -0.05) is 368 Å². The molecule has 13 aromatic carbocycles. The van der Waals surface area contributed by atoms with Crippen LogP contribution in [0.2, 0.25) is 0 Å². The molecule has 10 unspecified atom stereocenters. The predicted octanol–water partition coefficient (Wildman–Crippen LogP) is 34.4. The molecule has 10 aliphatic carbocycles. The zero-order chi connectivity index (χ0) is 85.0. The maximum atomic E-state index is 2.46. The van der Waals surface area contributed by atoms with Gasteiger partial charge in [0.25, 0.3) is 0 Å². The SMILES string of the molecule is CCCCCCCCC1CCC2c3cc(C)ccc3-c3ccc(C)c1c32.CCCCCCCCC1Cc2c(C)ccc3c2C(C1)c1cc(C)ccc1-3.Cc1ccc2c(c1)C1CC(c3ccccc3)Cc3c(C)ccc-2c31.Cc1ccc2c(c1)C1CCC(c3ccccc3)c3c(C)ccc-2c31.Cc1ccc2c(c1)C1c3c-2ccc(C)c3CCC1c1ccccc1. The molecule has 10 aliphatic rings. The molecule has 124 heavy (non-hydrogen) atoms. The van der Waals surface area contributed by atoms with Crippen LogP contribution in [0.5, 0.6) is 0 Å². The zero-order valence-electron chi connectivity index (χ0n) is 76.8. The fourth-order valence-electron chi connectivity index (χ4n) is 25.8. The summed E-state index contributed by atoms with van der Waals surface area (Å²) in [6, 6.07) is 92.2. The first-order valence-electron chi connectivity index (χ1n) is 48.9. The number of aryl methyl sites for hydroxylation is 10. The van der Waals surface area contributed by atoms with Gasteiger partial charge >= 0.3 is 0 Å². The van der Waals surface area contributed by atoms with E-state index >= 15 is 0 Å². The van der Waals surface area contributed by atoms with Gasteiger partial charge in [0.2, 0.25) is 0 Å². The highest BCUT2D eigenvalue weighted by Gasteiger charge is 2.44. The lowest BCUT2D eigenvalue weighted by molar-refractivity contribution is 0.385. The second-order valence-corrected chi connectivity index (χ2v) is 40.0. The molecule has 0 aliphatic heterocycles. The van der Waals surface area contributed by atoms with E-state index in [1.807, 2.05) is 0 Å². The van der Waals surface area contributed by atoms with E-state index < -0.39 is 0 Å². The second-order valence-electron chi connectivity index (χ2n) is 40.0. The van der Waals surface area contributed by atoms with Gasteiger partial charge < -0.3 is 0 Å². The maximum absolute atomic E-state index is 2.46. The molecular weight excluding hydrogens is 1490 g/mol. The monoisotopic (exact) mass is 1620 g/mol. The van der Waals surface area contributed by atoms with Gasteiger partial charge in [0.1, 0.15) is 0 Å². The number of hydrogen-bond donors (Lipinski definition) is 0. The molecule has 0 saturated heterocycles. The number of rotatable bonds is 17. The maximum Gasteiger partial charge on any atom is 0.0173 e. The fourth-order valence-corrected chi connectivity index (χ4v) is 25.8. The van der Waals surface area contributed by atoms with Crippen LogP contribution in [0, 0.1) is 75.2 Å². The van der Waals surface area contributed by atoms with Crippen LogP contribution in [0.15, 0.2) is 243 Å². The summed E-state index contributed by atoms with van der Waals surface area (Å²) in [5.41, 5.74) is 58.1. The van der Waals surface area contributed by atoms with Crippen LogP contribution in [-0.4, -0.2) is 0 Å². The second kappa shape index (κ2) is 36.1. The van der Waals surface area contributed by atoms with Crippen molar-refractivity contribution in [2.24, 2.45) is 5.92 Å². The first kappa shape index (κ1) is 83.4. The third-order valence-electron chi connectivity index (χ3n) is 31.8. The minimum atomic E-state index is 0.529. The summed E-state index contributed by atoms with van der Waals surface area (Å²) in [7, 11) is 0. The Kier molecular flexibility index (Phi) is 24.3. The summed E-state index contributed by atoms with van der Waals surface area (Å²) in [5, 5.41) is 0. The van der Waals surface area contributed by atoms with E-state index in [0.29, 0.717) is 47.3 Å². The fraction of sp³-hybridized carbons (Fsp3) is 0.371. The number of benzene rings is 13. The molecule has 0 heteroatoms. The van der Waals surface area contributed by atoms with E-state index in [1.54, 1.807) is 89.0 Å². The molecule has 0 heterocycles. The Balaban J connectivity index is 0.000000102. The largest absolute Gasteiger partial charge is 0.0654 e. The van der Waals surface area contributed by atoms with E-state index in [1.165, 1.54) is 276 Å². The Morgan fingerprint density at radius 3 is 1.14 bits per heavy atom. The minimum absolute atomic E-state index is 0.529. The molecule has 10 atom stereocenters. The Bertz CT molecular complexity index is 6090. The molecule has 0 nitrogen and oxygen atoms in total.